The number of Topliss-reactive ketones (excluding diaryl/α,β-unsaturated/α-hetero) is 1. The summed E-state index contributed by atoms with van der Waals surface area (Å²) in [7, 11) is 0. The second-order valence-corrected chi connectivity index (χ2v) is 4.54. The van der Waals surface area contributed by atoms with E-state index in [0.717, 1.165) is 37.1 Å². The maximum absolute atomic E-state index is 12.2. The van der Waals surface area contributed by atoms with Gasteiger partial charge in [0.1, 0.15) is 0 Å². The minimum Gasteiger partial charge on any atom is -0.385 e. The van der Waals surface area contributed by atoms with E-state index >= 15 is 0 Å². The zero-order valence-electron chi connectivity index (χ0n) is 10.0. The first-order valence-electron chi connectivity index (χ1n) is 6.14. The monoisotopic (exact) mass is 217 g/mol. The van der Waals surface area contributed by atoms with Gasteiger partial charge in [0.25, 0.3) is 0 Å². The van der Waals surface area contributed by atoms with E-state index in [0.29, 0.717) is 5.78 Å². The van der Waals surface area contributed by atoms with E-state index in [-0.39, 0.29) is 5.92 Å². The molecule has 0 saturated carbocycles. The van der Waals surface area contributed by atoms with Gasteiger partial charge in [0.05, 0.1) is 0 Å². The van der Waals surface area contributed by atoms with Gasteiger partial charge in [-0.05, 0) is 30.9 Å². The summed E-state index contributed by atoms with van der Waals surface area (Å²) in [5.41, 5.74) is 3.30. The Morgan fingerprint density at radius 1 is 1.50 bits per heavy atom. The van der Waals surface area contributed by atoms with Crippen molar-refractivity contribution in [1.82, 2.24) is 0 Å². The van der Waals surface area contributed by atoms with Gasteiger partial charge in [-0.2, -0.15) is 0 Å². The molecule has 2 rings (SSSR count). The molecule has 1 heterocycles. The van der Waals surface area contributed by atoms with Crippen LogP contribution in [0.25, 0.3) is 0 Å². The third kappa shape index (κ3) is 1.97. The molecule has 1 aliphatic heterocycles. The SMILES string of the molecule is CCC(C)C(=O)c1cccc2c1CCCN2. The summed E-state index contributed by atoms with van der Waals surface area (Å²) in [6.45, 7) is 5.10. The molecule has 1 aromatic rings. The lowest BCUT2D eigenvalue weighted by molar-refractivity contribution is 0.0926. The van der Waals surface area contributed by atoms with Crippen LogP contribution in [0.2, 0.25) is 0 Å². The van der Waals surface area contributed by atoms with Crippen molar-refractivity contribution >= 4 is 11.5 Å². The molecule has 0 spiro atoms. The first-order valence-corrected chi connectivity index (χ1v) is 6.14. The Labute approximate surface area is 97.1 Å². The van der Waals surface area contributed by atoms with Gasteiger partial charge in [0.2, 0.25) is 0 Å². The molecule has 0 aromatic heterocycles. The van der Waals surface area contributed by atoms with Crippen LogP contribution in [-0.4, -0.2) is 12.3 Å². The largest absolute Gasteiger partial charge is 0.385 e. The number of benzene rings is 1. The van der Waals surface area contributed by atoms with E-state index in [1.54, 1.807) is 0 Å². The van der Waals surface area contributed by atoms with Crippen molar-refractivity contribution in [3.63, 3.8) is 0 Å². The van der Waals surface area contributed by atoms with Crippen molar-refractivity contribution in [2.75, 3.05) is 11.9 Å². The van der Waals surface area contributed by atoms with E-state index in [9.17, 15) is 4.79 Å². The number of fused-ring (bicyclic) bond motifs is 1. The molecule has 0 saturated heterocycles. The Hall–Kier alpha value is -1.31. The number of nitrogens with one attached hydrogen (secondary N) is 1. The molecule has 1 unspecified atom stereocenters. The molecule has 2 nitrogen and oxygen atoms in total. The average molecular weight is 217 g/mol. The van der Waals surface area contributed by atoms with Gasteiger partial charge in [-0.15, -0.1) is 0 Å². The summed E-state index contributed by atoms with van der Waals surface area (Å²) >= 11 is 0. The van der Waals surface area contributed by atoms with Crippen LogP contribution in [0.5, 0.6) is 0 Å². The number of carbonyl (C=O) groups excluding carboxylic acids is 1. The topological polar surface area (TPSA) is 29.1 Å². The molecule has 0 aliphatic carbocycles. The third-order valence-electron chi connectivity index (χ3n) is 3.42. The fraction of sp³-hybridized carbons (Fsp3) is 0.500. The third-order valence-corrected chi connectivity index (χ3v) is 3.42. The molecular weight excluding hydrogens is 198 g/mol. The van der Waals surface area contributed by atoms with Crippen LogP contribution in [0.3, 0.4) is 0 Å². The molecule has 1 atom stereocenters. The number of anilines is 1. The lowest BCUT2D eigenvalue weighted by Crippen LogP contribution is -2.18. The first kappa shape index (κ1) is 11.2. The second-order valence-electron chi connectivity index (χ2n) is 4.54. The van der Waals surface area contributed by atoms with Gasteiger partial charge in [-0.1, -0.05) is 26.0 Å². The Morgan fingerprint density at radius 3 is 3.06 bits per heavy atom. The molecular formula is C14H19NO. The van der Waals surface area contributed by atoms with Crippen molar-refractivity contribution in [2.24, 2.45) is 5.92 Å². The molecule has 0 amide bonds. The maximum Gasteiger partial charge on any atom is 0.166 e. The highest BCUT2D eigenvalue weighted by atomic mass is 16.1. The van der Waals surface area contributed by atoms with Crippen LogP contribution in [0.1, 0.15) is 42.6 Å². The summed E-state index contributed by atoms with van der Waals surface area (Å²) in [6.07, 6.45) is 3.06. The molecule has 2 heteroatoms. The van der Waals surface area contributed by atoms with Crippen LogP contribution in [0.4, 0.5) is 5.69 Å². The van der Waals surface area contributed by atoms with Gasteiger partial charge in [0.15, 0.2) is 5.78 Å². The highest BCUT2D eigenvalue weighted by Crippen LogP contribution is 2.27. The number of rotatable bonds is 3. The molecule has 16 heavy (non-hydrogen) atoms. The fourth-order valence-corrected chi connectivity index (χ4v) is 2.19. The van der Waals surface area contributed by atoms with Gasteiger partial charge in [-0.25, -0.2) is 0 Å². The van der Waals surface area contributed by atoms with Crippen molar-refractivity contribution in [1.29, 1.82) is 0 Å². The minimum absolute atomic E-state index is 0.133. The average Bonchev–Trinajstić information content (AvgIpc) is 2.36. The predicted octanol–water partition coefficient (Wildman–Crippen LogP) is 3.27. The van der Waals surface area contributed by atoms with Gasteiger partial charge in [0, 0.05) is 23.7 Å². The van der Waals surface area contributed by atoms with Crippen LogP contribution in [0.15, 0.2) is 18.2 Å². The summed E-state index contributed by atoms with van der Waals surface area (Å²) in [6, 6.07) is 6.02. The molecule has 1 N–H and O–H groups in total. The second kappa shape index (κ2) is 4.69. The fourth-order valence-electron chi connectivity index (χ4n) is 2.19. The number of carbonyl (C=O) groups is 1. The lowest BCUT2D eigenvalue weighted by atomic mass is 9.90. The van der Waals surface area contributed by atoms with Crippen LogP contribution < -0.4 is 5.32 Å². The Balaban J connectivity index is 2.37. The molecule has 0 radical (unpaired) electrons. The minimum atomic E-state index is 0.133. The van der Waals surface area contributed by atoms with Crippen molar-refractivity contribution in [3.8, 4) is 0 Å². The highest BCUT2D eigenvalue weighted by molar-refractivity contribution is 6.00. The predicted molar refractivity (Wildman–Crippen MR) is 67.0 cm³/mol. The summed E-state index contributed by atoms with van der Waals surface area (Å²) < 4.78 is 0. The van der Waals surface area contributed by atoms with Gasteiger partial charge < -0.3 is 5.32 Å². The zero-order valence-corrected chi connectivity index (χ0v) is 10.0. The molecule has 1 aromatic carbocycles. The summed E-state index contributed by atoms with van der Waals surface area (Å²) in [5.74, 6) is 0.427. The van der Waals surface area contributed by atoms with E-state index in [2.05, 4.69) is 18.3 Å². The van der Waals surface area contributed by atoms with Gasteiger partial charge in [-0.3, -0.25) is 4.79 Å². The number of hydrogen-bond acceptors (Lipinski definition) is 2. The normalized spacial score (nSPS) is 16.1. The van der Waals surface area contributed by atoms with Crippen molar-refractivity contribution < 1.29 is 4.79 Å². The smallest absolute Gasteiger partial charge is 0.166 e. The maximum atomic E-state index is 12.2. The Morgan fingerprint density at radius 2 is 2.31 bits per heavy atom. The Kier molecular flexibility index (Phi) is 3.28. The standard InChI is InChI=1S/C14H19NO/c1-3-10(2)14(16)12-6-4-8-13-11(12)7-5-9-15-13/h4,6,8,10,15H,3,5,7,9H2,1-2H3. The summed E-state index contributed by atoms with van der Waals surface area (Å²) in [5, 5.41) is 3.36. The van der Waals surface area contributed by atoms with Crippen LogP contribution >= 0.6 is 0 Å². The number of hydrogen-bond donors (Lipinski definition) is 1. The Bertz CT molecular complexity index is 398. The van der Waals surface area contributed by atoms with E-state index in [1.807, 2.05) is 19.1 Å². The molecule has 0 fully saturated rings. The van der Waals surface area contributed by atoms with Crippen molar-refractivity contribution in [2.45, 2.75) is 33.1 Å². The molecule has 86 valence electrons. The quantitative estimate of drug-likeness (QED) is 0.787. The van der Waals surface area contributed by atoms with Gasteiger partial charge >= 0.3 is 0 Å². The van der Waals surface area contributed by atoms with Crippen LogP contribution in [-0.2, 0) is 6.42 Å². The highest BCUT2D eigenvalue weighted by Gasteiger charge is 2.20. The molecule has 1 aliphatic rings. The van der Waals surface area contributed by atoms with Crippen LogP contribution in [0, 0.1) is 5.92 Å². The molecule has 0 bridgehead atoms. The summed E-state index contributed by atoms with van der Waals surface area (Å²) in [4.78, 5) is 12.2. The zero-order chi connectivity index (χ0) is 11.5. The first-order chi connectivity index (χ1) is 7.74. The van der Waals surface area contributed by atoms with E-state index < -0.39 is 0 Å². The van der Waals surface area contributed by atoms with E-state index in [4.69, 9.17) is 0 Å². The number of ketones is 1. The van der Waals surface area contributed by atoms with E-state index in [1.165, 1.54) is 5.56 Å². The van der Waals surface area contributed by atoms with Crippen molar-refractivity contribution in [3.05, 3.63) is 29.3 Å². The lowest BCUT2D eigenvalue weighted by Gasteiger charge is -2.21.